The summed E-state index contributed by atoms with van der Waals surface area (Å²) < 4.78 is 20.5. The van der Waals surface area contributed by atoms with Gasteiger partial charge >= 0.3 is 5.97 Å². The van der Waals surface area contributed by atoms with Crippen LogP contribution >= 0.6 is 0 Å². The zero-order chi connectivity index (χ0) is 18.0. The van der Waals surface area contributed by atoms with Gasteiger partial charge in [-0.15, -0.1) is 0 Å². The number of benzene rings is 1. The molecular weight excluding hydrogens is 328 g/mol. The van der Waals surface area contributed by atoms with E-state index in [0.717, 1.165) is 5.56 Å². The molecule has 0 fully saturated rings. The van der Waals surface area contributed by atoms with Crippen molar-refractivity contribution in [1.29, 1.82) is 0 Å². The molecule has 8 heteroatoms. The van der Waals surface area contributed by atoms with Gasteiger partial charge in [0.1, 0.15) is 11.3 Å². The van der Waals surface area contributed by atoms with E-state index in [1.54, 1.807) is 19.9 Å². The molecule has 25 heavy (non-hydrogen) atoms. The van der Waals surface area contributed by atoms with Crippen LogP contribution in [0.4, 0.5) is 0 Å². The van der Waals surface area contributed by atoms with Gasteiger partial charge in [-0.1, -0.05) is 11.2 Å². The quantitative estimate of drug-likeness (QED) is 0.827. The second-order valence-electron chi connectivity index (χ2n) is 5.68. The fraction of sp³-hybridized carbons (Fsp3) is 0.353. The zero-order valence-electron chi connectivity index (χ0n) is 14.1. The Hall–Kier alpha value is -3.03. The van der Waals surface area contributed by atoms with E-state index in [1.165, 1.54) is 0 Å². The Balaban J connectivity index is 1.55. The van der Waals surface area contributed by atoms with E-state index in [1.807, 2.05) is 19.1 Å². The lowest BCUT2D eigenvalue weighted by molar-refractivity contribution is -0.124. The molecular formula is C17H18N2O6. The lowest BCUT2D eigenvalue weighted by Gasteiger charge is -2.15. The zero-order valence-corrected chi connectivity index (χ0v) is 14.1. The predicted octanol–water partition coefficient (Wildman–Crippen LogP) is 2.05. The van der Waals surface area contributed by atoms with Crippen LogP contribution in [0.2, 0.25) is 0 Å². The SMILES string of the molecule is Cc1noc(C)c1C(=O)OCC(=O)N[C@H](C)c1ccc2c(c1)OCO2. The fourth-order valence-electron chi connectivity index (χ4n) is 2.53. The van der Waals surface area contributed by atoms with E-state index < -0.39 is 18.5 Å². The molecule has 1 aromatic heterocycles. The second-order valence-corrected chi connectivity index (χ2v) is 5.68. The molecule has 3 rings (SSSR count). The number of hydrogen-bond donors (Lipinski definition) is 1. The van der Waals surface area contributed by atoms with Crippen molar-refractivity contribution < 1.29 is 28.3 Å². The lowest BCUT2D eigenvalue weighted by Crippen LogP contribution is -2.31. The summed E-state index contributed by atoms with van der Waals surface area (Å²) in [5.74, 6) is 0.628. The van der Waals surface area contributed by atoms with Gasteiger partial charge in [0, 0.05) is 0 Å². The Bertz CT molecular complexity index is 794. The summed E-state index contributed by atoms with van der Waals surface area (Å²) in [6, 6.07) is 5.16. The highest BCUT2D eigenvalue weighted by Crippen LogP contribution is 2.34. The molecule has 1 aliphatic rings. The van der Waals surface area contributed by atoms with Crippen LogP contribution in [0.3, 0.4) is 0 Å². The van der Waals surface area contributed by atoms with Crippen molar-refractivity contribution in [1.82, 2.24) is 10.5 Å². The minimum atomic E-state index is -0.637. The number of aromatic nitrogens is 1. The van der Waals surface area contributed by atoms with E-state index in [9.17, 15) is 9.59 Å². The van der Waals surface area contributed by atoms with Gasteiger partial charge < -0.3 is 24.1 Å². The maximum absolute atomic E-state index is 12.0. The van der Waals surface area contributed by atoms with Crippen LogP contribution in [-0.4, -0.2) is 30.4 Å². The number of carbonyl (C=O) groups excluding carboxylic acids is 2. The van der Waals surface area contributed by atoms with Crippen molar-refractivity contribution in [2.45, 2.75) is 26.8 Å². The highest BCUT2D eigenvalue weighted by Gasteiger charge is 2.21. The Kier molecular flexibility index (Phi) is 4.60. The predicted molar refractivity (Wildman–Crippen MR) is 85.4 cm³/mol. The number of nitrogens with one attached hydrogen (secondary N) is 1. The Morgan fingerprint density at radius 1 is 1.28 bits per heavy atom. The highest BCUT2D eigenvalue weighted by molar-refractivity contribution is 5.93. The van der Waals surface area contributed by atoms with E-state index in [0.29, 0.717) is 23.0 Å². The lowest BCUT2D eigenvalue weighted by atomic mass is 10.1. The number of fused-ring (bicyclic) bond motifs is 1. The first kappa shape index (κ1) is 16.8. The van der Waals surface area contributed by atoms with Crippen molar-refractivity contribution in [2.75, 3.05) is 13.4 Å². The van der Waals surface area contributed by atoms with Crippen molar-refractivity contribution >= 4 is 11.9 Å². The maximum Gasteiger partial charge on any atom is 0.344 e. The molecule has 0 unspecified atom stereocenters. The smallest absolute Gasteiger partial charge is 0.344 e. The molecule has 1 aliphatic heterocycles. The van der Waals surface area contributed by atoms with E-state index in [4.69, 9.17) is 18.7 Å². The fourth-order valence-corrected chi connectivity index (χ4v) is 2.53. The van der Waals surface area contributed by atoms with Gasteiger partial charge in [0.2, 0.25) is 6.79 Å². The minimum Gasteiger partial charge on any atom is -0.454 e. The van der Waals surface area contributed by atoms with Crippen molar-refractivity contribution in [3.63, 3.8) is 0 Å². The third kappa shape index (κ3) is 3.57. The summed E-state index contributed by atoms with van der Waals surface area (Å²) in [6.45, 7) is 4.87. The van der Waals surface area contributed by atoms with Gasteiger partial charge in [-0.2, -0.15) is 0 Å². The molecule has 0 spiro atoms. The number of amides is 1. The van der Waals surface area contributed by atoms with Crippen LogP contribution in [0.15, 0.2) is 22.7 Å². The molecule has 0 saturated carbocycles. The molecule has 2 aromatic rings. The first-order valence-corrected chi connectivity index (χ1v) is 7.74. The summed E-state index contributed by atoms with van der Waals surface area (Å²) in [4.78, 5) is 24.0. The summed E-state index contributed by atoms with van der Waals surface area (Å²) in [6.07, 6.45) is 0. The Morgan fingerprint density at radius 3 is 2.76 bits per heavy atom. The monoisotopic (exact) mass is 346 g/mol. The Morgan fingerprint density at radius 2 is 2.04 bits per heavy atom. The van der Waals surface area contributed by atoms with Crippen molar-refractivity contribution in [3.8, 4) is 11.5 Å². The molecule has 2 heterocycles. The Labute approximate surface area is 144 Å². The number of carbonyl (C=O) groups is 2. The molecule has 8 nitrogen and oxygen atoms in total. The molecule has 0 bridgehead atoms. The van der Waals surface area contributed by atoms with Crippen molar-refractivity contribution in [2.24, 2.45) is 0 Å². The van der Waals surface area contributed by atoms with E-state index in [2.05, 4.69) is 10.5 Å². The molecule has 132 valence electrons. The topological polar surface area (TPSA) is 99.9 Å². The van der Waals surface area contributed by atoms with Crippen LogP contribution < -0.4 is 14.8 Å². The first-order valence-electron chi connectivity index (χ1n) is 7.74. The molecule has 1 amide bonds. The molecule has 0 aliphatic carbocycles. The van der Waals surface area contributed by atoms with E-state index >= 15 is 0 Å². The van der Waals surface area contributed by atoms with Crippen molar-refractivity contribution in [3.05, 3.63) is 40.8 Å². The normalized spacial score (nSPS) is 13.4. The van der Waals surface area contributed by atoms with Gasteiger partial charge in [-0.3, -0.25) is 4.79 Å². The average molecular weight is 346 g/mol. The standard InChI is InChI=1S/C17H18N2O6/c1-9(12-4-5-13-14(6-12)24-8-23-13)18-15(20)7-22-17(21)16-10(2)19-25-11(16)3/h4-6,9H,7-8H2,1-3H3,(H,18,20)/t9-/m1/s1. The third-order valence-electron chi connectivity index (χ3n) is 3.85. The number of ether oxygens (including phenoxy) is 3. The maximum atomic E-state index is 12.0. The largest absolute Gasteiger partial charge is 0.454 e. The number of hydrogen-bond acceptors (Lipinski definition) is 7. The van der Waals surface area contributed by atoms with E-state index in [-0.39, 0.29) is 18.4 Å². The third-order valence-corrected chi connectivity index (χ3v) is 3.85. The number of aryl methyl sites for hydroxylation is 2. The van der Waals surface area contributed by atoms with Gasteiger partial charge in [0.05, 0.1) is 11.7 Å². The number of nitrogens with zero attached hydrogens (tertiary/aromatic N) is 1. The van der Waals surface area contributed by atoms with Crippen LogP contribution in [0.5, 0.6) is 11.5 Å². The van der Waals surface area contributed by atoms with Crippen LogP contribution in [-0.2, 0) is 9.53 Å². The van der Waals surface area contributed by atoms with Gasteiger partial charge in [-0.05, 0) is 38.5 Å². The molecule has 1 N–H and O–H groups in total. The van der Waals surface area contributed by atoms with Crippen LogP contribution in [0.25, 0.3) is 0 Å². The average Bonchev–Trinajstić information content (AvgIpc) is 3.18. The van der Waals surface area contributed by atoms with Gasteiger partial charge in [0.25, 0.3) is 5.91 Å². The minimum absolute atomic E-state index is 0.192. The summed E-state index contributed by atoms with van der Waals surface area (Å²) >= 11 is 0. The number of rotatable bonds is 5. The summed E-state index contributed by atoms with van der Waals surface area (Å²) in [5.41, 5.74) is 1.53. The molecule has 0 radical (unpaired) electrons. The summed E-state index contributed by atoms with van der Waals surface area (Å²) in [7, 11) is 0. The number of esters is 1. The molecule has 1 aromatic carbocycles. The van der Waals surface area contributed by atoms with Gasteiger partial charge in [-0.25, -0.2) is 4.79 Å². The molecule has 1 atom stereocenters. The van der Waals surface area contributed by atoms with Gasteiger partial charge in [0.15, 0.2) is 18.1 Å². The van der Waals surface area contributed by atoms with Crippen LogP contribution in [0, 0.1) is 13.8 Å². The summed E-state index contributed by atoms with van der Waals surface area (Å²) in [5, 5.41) is 6.45. The highest BCUT2D eigenvalue weighted by atomic mass is 16.7. The first-order chi connectivity index (χ1) is 12.0. The van der Waals surface area contributed by atoms with Crippen LogP contribution in [0.1, 0.15) is 40.3 Å². The second kappa shape index (κ2) is 6.84. The molecule has 0 saturated heterocycles.